The third kappa shape index (κ3) is 5.62. The molecule has 0 aliphatic heterocycles. The molecule has 0 radical (unpaired) electrons. The fraction of sp³-hybridized carbons (Fsp3) is 0.133. The number of hydrogen-bond donors (Lipinski definition) is 2. The van der Waals surface area contributed by atoms with E-state index in [1.807, 2.05) is 109 Å². The molecular formula is C30H26N2O4. The molecule has 0 fully saturated rings. The zero-order chi connectivity index (χ0) is 24.7. The van der Waals surface area contributed by atoms with Gasteiger partial charge in [0, 0.05) is 0 Å². The number of carbonyl (C=O) groups is 1. The van der Waals surface area contributed by atoms with Crippen molar-refractivity contribution >= 4 is 17.2 Å². The van der Waals surface area contributed by atoms with Crippen molar-refractivity contribution in [3.8, 4) is 11.1 Å². The molecule has 0 saturated carbocycles. The number of aliphatic hydroxyl groups excluding tert-OH is 1. The summed E-state index contributed by atoms with van der Waals surface area (Å²) in [6.07, 6.45) is -1.43. The Kier molecular flexibility index (Phi) is 7.05. The highest BCUT2D eigenvalue weighted by atomic mass is 16.5. The van der Waals surface area contributed by atoms with Crippen molar-refractivity contribution in [1.29, 1.82) is 0 Å². The van der Waals surface area contributed by atoms with E-state index in [0.29, 0.717) is 17.5 Å². The number of aromatic nitrogens is 1. The van der Waals surface area contributed by atoms with E-state index in [1.54, 1.807) is 0 Å². The van der Waals surface area contributed by atoms with Gasteiger partial charge in [0.25, 0.3) is 0 Å². The molecule has 1 heterocycles. The second-order valence-corrected chi connectivity index (χ2v) is 8.55. The summed E-state index contributed by atoms with van der Waals surface area (Å²) in [6, 6.07) is 34.1. The molecule has 1 aromatic heterocycles. The first kappa shape index (κ1) is 23.3. The summed E-state index contributed by atoms with van der Waals surface area (Å²) in [5.41, 5.74) is 5.09. The van der Waals surface area contributed by atoms with Crippen LogP contribution in [0.25, 0.3) is 22.2 Å². The van der Waals surface area contributed by atoms with Gasteiger partial charge in [-0.05, 0) is 40.8 Å². The summed E-state index contributed by atoms with van der Waals surface area (Å²) in [6.45, 7) is 0.131. The molecule has 4 aromatic carbocycles. The van der Waals surface area contributed by atoms with E-state index in [1.165, 1.54) is 0 Å². The monoisotopic (exact) mass is 478 g/mol. The first-order valence-electron chi connectivity index (χ1n) is 11.8. The highest BCUT2D eigenvalue weighted by molar-refractivity contribution is 5.80. The molecular weight excluding hydrogens is 452 g/mol. The normalized spacial score (nSPS) is 12.7. The van der Waals surface area contributed by atoms with Gasteiger partial charge in [0.15, 0.2) is 11.7 Å². The number of aliphatic hydroxyl groups is 1. The van der Waals surface area contributed by atoms with Crippen LogP contribution in [0.15, 0.2) is 114 Å². The van der Waals surface area contributed by atoms with Crippen LogP contribution < -0.4 is 5.32 Å². The van der Waals surface area contributed by atoms with Crippen molar-refractivity contribution in [2.45, 2.75) is 25.2 Å². The molecule has 5 aromatic rings. The number of carbonyl (C=O) groups excluding carboxylic acids is 1. The Hall–Kier alpha value is -4.42. The van der Waals surface area contributed by atoms with Gasteiger partial charge in [-0.2, -0.15) is 0 Å². The Balaban J connectivity index is 1.36. The maximum absolute atomic E-state index is 12.6. The first-order valence-corrected chi connectivity index (χ1v) is 11.8. The van der Waals surface area contributed by atoms with Crippen molar-refractivity contribution in [2.24, 2.45) is 0 Å². The number of ether oxygens (including phenoxy) is 1. The maximum atomic E-state index is 12.6. The third-order valence-corrected chi connectivity index (χ3v) is 5.96. The lowest BCUT2D eigenvalue weighted by molar-refractivity contribution is 0.0862. The number of rotatable bonds is 8. The summed E-state index contributed by atoms with van der Waals surface area (Å²) >= 11 is 0. The lowest BCUT2D eigenvalue weighted by atomic mass is 10.0. The second-order valence-electron chi connectivity index (χ2n) is 8.55. The number of benzene rings is 4. The van der Waals surface area contributed by atoms with Crippen LogP contribution in [0.2, 0.25) is 0 Å². The predicted molar refractivity (Wildman–Crippen MR) is 138 cm³/mol. The molecule has 2 N–H and O–H groups in total. The number of nitrogens with zero attached hydrogens (tertiary/aromatic N) is 1. The Morgan fingerprint density at radius 2 is 1.47 bits per heavy atom. The molecule has 0 aliphatic carbocycles. The van der Waals surface area contributed by atoms with E-state index < -0.39 is 18.2 Å². The number of alkyl carbamates (subject to hydrolysis) is 1. The molecule has 1 amide bonds. The summed E-state index contributed by atoms with van der Waals surface area (Å²) in [7, 11) is 0. The molecule has 0 bridgehead atoms. The smallest absolute Gasteiger partial charge is 0.407 e. The fourth-order valence-corrected chi connectivity index (χ4v) is 4.08. The molecule has 0 aliphatic rings. The molecule has 0 saturated heterocycles. The van der Waals surface area contributed by atoms with Gasteiger partial charge >= 0.3 is 6.09 Å². The van der Waals surface area contributed by atoms with Crippen LogP contribution in [0, 0.1) is 0 Å². The van der Waals surface area contributed by atoms with Gasteiger partial charge in [-0.3, -0.25) is 0 Å². The Morgan fingerprint density at radius 3 is 2.17 bits per heavy atom. The lowest BCUT2D eigenvalue weighted by Crippen LogP contribution is -2.41. The molecule has 6 heteroatoms. The van der Waals surface area contributed by atoms with Crippen LogP contribution in [-0.2, 0) is 17.8 Å². The standard InChI is InChI=1S/C30H26N2O4/c33-28(29-31-25-19-24(16-17-27(25)36-29)23-14-8-3-9-15-23)26(18-21-10-4-1-5-11-21)32-30(34)35-20-22-12-6-2-7-13-22/h1-17,19,26,28,33H,18,20H2,(H,32,34). The minimum Gasteiger partial charge on any atom is -0.445 e. The van der Waals surface area contributed by atoms with Crippen molar-refractivity contribution < 1.29 is 19.1 Å². The number of hydrogen-bond acceptors (Lipinski definition) is 5. The van der Waals surface area contributed by atoms with Gasteiger partial charge in [-0.25, -0.2) is 9.78 Å². The van der Waals surface area contributed by atoms with Crippen molar-refractivity contribution in [1.82, 2.24) is 10.3 Å². The molecule has 2 unspecified atom stereocenters. The highest BCUT2D eigenvalue weighted by Crippen LogP contribution is 2.28. The van der Waals surface area contributed by atoms with Gasteiger partial charge in [0.2, 0.25) is 5.89 Å². The van der Waals surface area contributed by atoms with Gasteiger partial charge in [0.1, 0.15) is 12.1 Å². The lowest BCUT2D eigenvalue weighted by Gasteiger charge is -2.22. The summed E-state index contributed by atoms with van der Waals surface area (Å²) in [5.74, 6) is 0.138. The van der Waals surface area contributed by atoms with Crippen LogP contribution in [0.5, 0.6) is 0 Å². The van der Waals surface area contributed by atoms with Gasteiger partial charge in [-0.1, -0.05) is 97.1 Å². The first-order chi connectivity index (χ1) is 17.7. The predicted octanol–water partition coefficient (Wildman–Crippen LogP) is 6.07. The SMILES string of the molecule is O=C(NC(Cc1ccccc1)C(O)c1nc2cc(-c3ccccc3)ccc2o1)OCc1ccccc1. The zero-order valence-electron chi connectivity index (χ0n) is 19.6. The second kappa shape index (κ2) is 10.9. The van der Waals surface area contributed by atoms with E-state index in [4.69, 9.17) is 9.15 Å². The zero-order valence-corrected chi connectivity index (χ0v) is 19.6. The Morgan fingerprint density at radius 1 is 0.833 bits per heavy atom. The maximum Gasteiger partial charge on any atom is 0.407 e. The molecule has 5 rings (SSSR count). The van der Waals surface area contributed by atoms with E-state index in [0.717, 1.165) is 22.3 Å². The fourth-order valence-electron chi connectivity index (χ4n) is 4.08. The summed E-state index contributed by atoms with van der Waals surface area (Å²) < 4.78 is 11.3. The van der Waals surface area contributed by atoms with Crippen LogP contribution in [-0.4, -0.2) is 22.2 Å². The van der Waals surface area contributed by atoms with E-state index in [9.17, 15) is 9.90 Å². The van der Waals surface area contributed by atoms with Gasteiger partial charge < -0.3 is 19.6 Å². The molecule has 180 valence electrons. The minimum atomic E-state index is -1.18. The van der Waals surface area contributed by atoms with Crippen LogP contribution in [0.1, 0.15) is 23.1 Å². The van der Waals surface area contributed by atoms with Crippen LogP contribution >= 0.6 is 0 Å². The van der Waals surface area contributed by atoms with Crippen molar-refractivity contribution in [2.75, 3.05) is 0 Å². The van der Waals surface area contributed by atoms with Gasteiger partial charge in [0.05, 0.1) is 6.04 Å². The summed E-state index contributed by atoms with van der Waals surface area (Å²) in [4.78, 5) is 17.2. The molecule has 2 atom stereocenters. The number of amides is 1. The van der Waals surface area contributed by atoms with Crippen molar-refractivity contribution in [3.05, 3.63) is 126 Å². The van der Waals surface area contributed by atoms with Crippen LogP contribution in [0.3, 0.4) is 0 Å². The van der Waals surface area contributed by atoms with Crippen LogP contribution in [0.4, 0.5) is 4.79 Å². The average Bonchev–Trinajstić information content (AvgIpc) is 3.36. The number of fused-ring (bicyclic) bond motifs is 1. The molecule has 36 heavy (non-hydrogen) atoms. The highest BCUT2D eigenvalue weighted by Gasteiger charge is 2.28. The molecule has 6 nitrogen and oxygen atoms in total. The number of oxazole rings is 1. The quantitative estimate of drug-likeness (QED) is 0.283. The Labute approximate surface area is 209 Å². The van der Waals surface area contributed by atoms with E-state index >= 15 is 0 Å². The summed E-state index contributed by atoms with van der Waals surface area (Å²) in [5, 5.41) is 14.0. The van der Waals surface area contributed by atoms with E-state index in [-0.39, 0.29) is 12.5 Å². The topological polar surface area (TPSA) is 84.6 Å². The number of nitrogens with one attached hydrogen (secondary N) is 1. The minimum absolute atomic E-state index is 0.131. The van der Waals surface area contributed by atoms with E-state index in [2.05, 4.69) is 10.3 Å². The Bertz CT molecular complexity index is 1420. The largest absolute Gasteiger partial charge is 0.445 e. The third-order valence-electron chi connectivity index (χ3n) is 5.96. The average molecular weight is 479 g/mol. The van der Waals surface area contributed by atoms with Crippen molar-refractivity contribution in [3.63, 3.8) is 0 Å². The van der Waals surface area contributed by atoms with Gasteiger partial charge in [-0.15, -0.1) is 0 Å². The molecule has 0 spiro atoms.